The molecule has 200 valence electrons. The van der Waals surface area contributed by atoms with Gasteiger partial charge in [-0.3, -0.25) is 0 Å². The van der Waals surface area contributed by atoms with Crippen molar-refractivity contribution in [3.8, 4) is 0 Å². The summed E-state index contributed by atoms with van der Waals surface area (Å²) in [6, 6.07) is 0. The van der Waals surface area contributed by atoms with Gasteiger partial charge < -0.3 is 24.4 Å². The third-order valence-corrected chi connectivity index (χ3v) is 6.46. The molecule has 1 saturated carbocycles. The first-order chi connectivity index (χ1) is 14.8. The van der Waals surface area contributed by atoms with E-state index in [1.165, 1.54) is 48.5 Å². The Morgan fingerprint density at radius 2 is 1.32 bits per heavy atom. The molecule has 12 heteroatoms. The molecule has 0 heterocycles. The summed E-state index contributed by atoms with van der Waals surface area (Å²) in [6.45, 7) is 10.9. The molecule has 0 aromatic heterocycles. The number of rotatable bonds is 10. The molecule has 2 atom stereocenters. The molecule has 2 unspecified atom stereocenters. The van der Waals surface area contributed by atoms with Gasteiger partial charge in [0.2, 0.25) is 0 Å². The highest BCUT2D eigenvalue weighted by Crippen LogP contribution is 2.60. The van der Waals surface area contributed by atoms with Gasteiger partial charge in [-0.15, -0.1) is 0 Å². The highest BCUT2D eigenvalue weighted by atomic mass is 19.4. The first kappa shape index (κ1) is 30.7. The average molecular weight is 508 g/mol. The van der Waals surface area contributed by atoms with E-state index in [4.69, 9.17) is 14.2 Å². The molecule has 0 aromatic carbocycles. The summed E-state index contributed by atoms with van der Waals surface area (Å²) >= 11 is 0. The molecule has 1 aliphatic rings. The van der Waals surface area contributed by atoms with Crippen molar-refractivity contribution in [2.45, 2.75) is 102 Å². The normalized spacial score (nSPS) is 22.9. The van der Waals surface area contributed by atoms with Crippen LogP contribution in [0.1, 0.15) is 61.3 Å². The largest absolute Gasteiger partial charge is 0.458 e. The van der Waals surface area contributed by atoms with Crippen molar-refractivity contribution >= 4 is 5.97 Å². The minimum absolute atomic E-state index is 0.0401. The first-order valence-corrected chi connectivity index (χ1v) is 10.6. The maximum absolute atomic E-state index is 13.2. The van der Waals surface area contributed by atoms with Crippen LogP contribution in [-0.4, -0.2) is 70.3 Å². The first-order valence-electron chi connectivity index (χ1n) is 10.6. The average Bonchev–Trinajstić information content (AvgIpc) is 2.58. The molecule has 0 amide bonds. The molecule has 0 saturated heterocycles. The van der Waals surface area contributed by atoms with Crippen LogP contribution in [0.25, 0.3) is 0 Å². The van der Waals surface area contributed by atoms with Crippen molar-refractivity contribution in [1.29, 1.82) is 0 Å². The van der Waals surface area contributed by atoms with Crippen LogP contribution in [0.2, 0.25) is 0 Å². The summed E-state index contributed by atoms with van der Waals surface area (Å²) in [5.74, 6) is -0.801. The molecule has 0 aromatic rings. The van der Waals surface area contributed by atoms with E-state index < -0.39 is 58.9 Å². The maximum Gasteiger partial charge on any atom is 0.428 e. The molecule has 0 aliphatic heterocycles. The van der Waals surface area contributed by atoms with Crippen molar-refractivity contribution in [2.24, 2.45) is 5.41 Å². The quantitative estimate of drug-likeness (QED) is 0.257. The molecule has 34 heavy (non-hydrogen) atoms. The lowest BCUT2D eigenvalue weighted by molar-refractivity contribution is -0.390. The van der Waals surface area contributed by atoms with Crippen LogP contribution in [0.5, 0.6) is 0 Å². The van der Waals surface area contributed by atoms with Crippen molar-refractivity contribution in [3.05, 3.63) is 12.2 Å². The lowest BCUT2D eigenvalue weighted by atomic mass is 9.50. The van der Waals surface area contributed by atoms with Crippen molar-refractivity contribution in [3.63, 3.8) is 0 Å². The Labute approximate surface area is 195 Å². The summed E-state index contributed by atoms with van der Waals surface area (Å²) in [7, 11) is 0. The Morgan fingerprint density at radius 3 is 1.62 bits per heavy atom. The number of hydrogen-bond acceptors (Lipinski definition) is 6. The van der Waals surface area contributed by atoms with Crippen molar-refractivity contribution < 1.29 is 55.6 Å². The summed E-state index contributed by atoms with van der Waals surface area (Å²) in [5, 5.41) is 19.6. The molecule has 2 N–H and O–H groups in total. The smallest absolute Gasteiger partial charge is 0.428 e. The van der Waals surface area contributed by atoms with E-state index in [0.29, 0.717) is 0 Å². The Bertz CT molecular complexity index is 751. The standard InChI is InChI=1S/C22H34F6O6/c1-13(2)15(29)34-14-9-10-19(14,17(5,6)32-11-16(3,4)30)18(7,8)33-12-20(31,21(23,24)25)22(26,27)28/h14,30-31H,1,9-12H2,2-8H3. The second kappa shape index (κ2) is 9.25. The fourth-order valence-corrected chi connectivity index (χ4v) is 4.27. The van der Waals surface area contributed by atoms with Crippen LogP contribution in [0.4, 0.5) is 26.3 Å². The van der Waals surface area contributed by atoms with Gasteiger partial charge in [0.1, 0.15) is 6.10 Å². The van der Waals surface area contributed by atoms with E-state index in [1.54, 1.807) is 0 Å². The van der Waals surface area contributed by atoms with E-state index in [1.807, 2.05) is 0 Å². The van der Waals surface area contributed by atoms with E-state index in [9.17, 15) is 41.4 Å². The van der Waals surface area contributed by atoms with Gasteiger partial charge in [0.05, 0.1) is 35.4 Å². The summed E-state index contributed by atoms with van der Waals surface area (Å²) in [4.78, 5) is 12.2. The number of alkyl halides is 6. The predicted octanol–water partition coefficient (Wildman–Crippen LogP) is 4.47. The Balaban J connectivity index is 3.46. The number of esters is 1. The molecule has 1 fully saturated rings. The molecule has 6 nitrogen and oxygen atoms in total. The van der Waals surface area contributed by atoms with Crippen LogP contribution in [0, 0.1) is 5.41 Å². The van der Waals surface area contributed by atoms with Gasteiger partial charge in [0.15, 0.2) is 0 Å². The van der Waals surface area contributed by atoms with Gasteiger partial charge in [-0.05, 0) is 61.3 Å². The van der Waals surface area contributed by atoms with E-state index in [2.05, 4.69) is 6.58 Å². The van der Waals surface area contributed by atoms with Crippen molar-refractivity contribution in [1.82, 2.24) is 0 Å². The summed E-state index contributed by atoms with van der Waals surface area (Å²) in [5.41, 5.74) is -11.1. The second-order valence-corrected chi connectivity index (χ2v) is 10.5. The molecule has 1 aliphatic carbocycles. The van der Waals surface area contributed by atoms with E-state index >= 15 is 0 Å². The monoisotopic (exact) mass is 508 g/mol. The van der Waals surface area contributed by atoms with Crippen molar-refractivity contribution in [2.75, 3.05) is 13.2 Å². The molecular weight excluding hydrogens is 474 g/mol. The Hall–Kier alpha value is -1.37. The van der Waals surface area contributed by atoms with Gasteiger partial charge in [0, 0.05) is 5.57 Å². The number of carbonyl (C=O) groups is 1. The number of hydrogen-bond donors (Lipinski definition) is 2. The number of ether oxygens (including phenoxy) is 3. The van der Waals surface area contributed by atoms with Gasteiger partial charge >= 0.3 is 18.3 Å². The lowest BCUT2D eigenvalue weighted by Gasteiger charge is -2.63. The maximum atomic E-state index is 13.2. The molecular formula is C22H34F6O6. The predicted molar refractivity (Wildman–Crippen MR) is 110 cm³/mol. The van der Waals surface area contributed by atoms with Gasteiger partial charge in [-0.25, -0.2) is 4.79 Å². The number of carbonyl (C=O) groups excluding carboxylic acids is 1. The van der Waals surface area contributed by atoms with Gasteiger partial charge in [-0.2, -0.15) is 26.3 Å². The third-order valence-electron chi connectivity index (χ3n) is 6.46. The highest BCUT2D eigenvalue weighted by molar-refractivity contribution is 5.87. The van der Waals surface area contributed by atoms with Crippen LogP contribution in [0.3, 0.4) is 0 Å². The fourth-order valence-electron chi connectivity index (χ4n) is 4.27. The van der Waals surface area contributed by atoms with Gasteiger partial charge in [0.25, 0.3) is 5.60 Å². The van der Waals surface area contributed by atoms with E-state index in [-0.39, 0.29) is 25.0 Å². The fraction of sp³-hybridized carbons (Fsp3) is 0.864. The second-order valence-electron chi connectivity index (χ2n) is 10.5. The topological polar surface area (TPSA) is 85.2 Å². The molecule has 0 radical (unpaired) electrons. The zero-order valence-electron chi connectivity index (χ0n) is 20.4. The number of halogens is 6. The minimum atomic E-state index is -6.06. The molecule has 0 bridgehead atoms. The molecule has 0 spiro atoms. The summed E-state index contributed by atoms with van der Waals surface area (Å²) < 4.78 is 95.8. The van der Waals surface area contributed by atoms with E-state index in [0.717, 1.165) is 0 Å². The van der Waals surface area contributed by atoms with Crippen LogP contribution in [-0.2, 0) is 19.0 Å². The SMILES string of the molecule is C=C(C)C(=O)OC1CCC1(C(C)(C)OCC(C)(C)O)C(C)(C)OCC(O)(C(F)(F)F)C(F)(F)F. The zero-order chi connectivity index (χ0) is 27.2. The lowest BCUT2D eigenvalue weighted by Crippen LogP contribution is -2.72. The van der Waals surface area contributed by atoms with Crippen LogP contribution in [0.15, 0.2) is 12.2 Å². The van der Waals surface area contributed by atoms with Crippen LogP contribution >= 0.6 is 0 Å². The highest BCUT2D eigenvalue weighted by Gasteiger charge is 2.73. The zero-order valence-corrected chi connectivity index (χ0v) is 20.4. The minimum Gasteiger partial charge on any atom is -0.458 e. The number of aliphatic hydroxyl groups is 2. The Morgan fingerprint density at radius 1 is 0.912 bits per heavy atom. The van der Waals surface area contributed by atoms with Gasteiger partial charge in [-0.1, -0.05) is 6.58 Å². The molecule has 1 rings (SSSR count). The van der Waals surface area contributed by atoms with Crippen LogP contribution < -0.4 is 0 Å². The summed E-state index contributed by atoms with van der Waals surface area (Å²) in [6.07, 6.45) is -12.8. The Kier molecular flexibility index (Phi) is 8.34. The third kappa shape index (κ3) is 5.71.